The van der Waals surface area contributed by atoms with Gasteiger partial charge in [-0.2, -0.15) is 0 Å². The second-order valence-corrected chi connectivity index (χ2v) is 9.65. The van der Waals surface area contributed by atoms with Crippen LogP contribution in [0.15, 0.2) is 41.3 Å². The summed E-state index contributed by atoms with van der Waals surface area (Å²) in [5.41, 5.74) is 1.34. The molecule has 0 saturated heterocycles. The molecule has 9 nitrogen and oxygen atoms in total. The fourth-order valence-electron chi connectivity index (χ4n) is 2.85. The maximum Gasteiger partial charge on any atom is 0.264 e. The van der Waals surface area contributed by atoms with Crippen molar-refractivity contribution in [1.82, 2.24) is 10.0 Å². The highest BCUT2D eigenvalue weighted by molar-refractivity contribution is 7.92. The average molecular weight is 456 g/mol. The number of carbonyl (C=O) groups is 1. The van der Waals surface area contributed by atoms with Gasteiger partial charge in [-0.1, -0.05) is 0 Å². The molecule has 11 heteroatoms. The molecular weight excluding hydrogens is 431 g/mol. The number of aliphatic hydroxyl groups is 1. The molecule has 3 N–H and O–H groups in total. The molecule has 1 atom stereocenters. The van der Waals surface area contributed by atoms with E-state index in [9.17, 15) is 22.4 Å². The Balaban J connectivity index is 2.22. The quantitative estimate of drug-likeness (QED) is 0.277. The van der Waals surface area contributed by atoms with E-state index >= 15 is 0 Å². The number of carbonyl (C=O) groups excluding carboxylic acids is 1. The van der Waals surface area contributed by atoms with Crippen molar-refractivity contribution in [2.75, 3.05) is 19.5 Å². The zero-order valence-corrected chi connectivity index (χ0v) is 18.0. The van der Waals surface area contributed by atoms with Crippen LogP contribution in [-0.4, -0.2) is 53.4 Å². The monoisotopic (exact) mass is 456 g/mol. The number of halogens is 1. The van der Waals surface area contributed by atoms with E-state index in [1.54, 1.807) is 6.07 Å². The number of hydrogen-bond acceptors (Lipinski definition) is 7. The summed E-state index contributed by atoms with van der Waals surface area (Å²) in [7, 11) is -3.89. The highest BCUT2D eigenvalue weighted by Crippen LogP contribution is 2.26. The smallest absolute Gasteiger partial charge is 0.264 e. The standard InChI is InChI=1S/C20H25FN2O7S/c1-20(19(26)22-27,31(2,28)29)7-9-23-8-6-14(12-18(23)25)16-5-4-15(13-17(16)21)30-11-3-10-24/h4-6,8,12-13,24,27H,3,7,9-11H2,1-2H3,(H,22,26). The molecule has 1 unspecified atom stereocenters. The number of pyridine rings is 1. The molecule has 1 heterocycles. The number of benzene rings is 1. The summed E-state index contributed by atoms with van der Waals surface area (Å²) in [6.07, 6.45) is 2.40. The molecule has 2 rings (SSSR count). The number of nitrogens with zero attached hydrogens (tertiary/aromatic N) is 1. The summed E-state index contributed by atoms with van der Waals surface area (Å²) in [5.74, 6) is -1.39. The Morgan fingerprint density at radius 2 is 2.00 bits per heavy atom. The lowest BCUT2D eigenvalue weighted by Gasteiger charge is -2.25. The Bertz CT molecular complexity index is 1100. The largest absolute Gasteiger partial charge is 0.493 e. The van der Waals surface area contributed by atoms with E-state index in [0.717, 1.165) is 13.2 Å². The molecule has 1 aromatic carbocycles. The molecular formula is C20H25FN2O7S. The zero-order valence-electron chi connectivity index (χ0n) is 17.2. The molecule has 170 valence electrons. The van der Waals surface area contributed by atoms with Gasteiger partial charge in [-0.3, -0.25) is 14.8 Å². The lowest BCUT2D eigenvalue weighted by molar-refractivity contribution is -0.131. The number of hydrogen-bond donors (Lipinski definition) is 3. The van der Waals surface area contributed by atoms with Crippen LogP contribution < -0.4 is 15.8 Å². The first kappa shape index (κ1) is 24.5. The van der Waals surface area contributed by atoms with Crippen LogP contribution in [0.3, 0.4) is 0 Å². The van der Waals surface area contributed by atoms with Gasteiger partial charge in [-0.15, -0.1) is 0 Å². The third-order valence-electron chi connectivity index (χ3n) is 5.05. The molecule has 1 aromatic heterocycles. The Labute approximate surface area is 179 Å². The summed E-state index contributed by atoms with van der Waals surface area (Å²) >= 11 is 0. The third kappa shape index (κ3) is 5.69. The number of aliphatic hydroxyl groups excluding tert-OH is 1. The van der Waals surface area contributed by atoms with Gasteiger partial charge in [0.15, 0.2) is 14.6 Å². The van der Waals surface area contributed by atoms with E-state index in [1.807, 2.05) is 0 Å². The number of rotatable bonds is 10. The lowest BCUT2D eigenvalue weighted by Crippen LogP contribution is -2.49. The topological polar surface area (TPSA) is 135 Å². The second kappa shape index (κ2) is 10.0. The Morgan fingerprint density at radius 3 is 2.55 bits per heavy atom. The van der Waals surface area contributed by atoms with Crippen molar-refractivity contribution in [1.29, 1.82) is 0 Å². The molecule has 2 aromatic rings. The number of ether oxygens (including phenoxy) is 1. The highest BCUT2D eigenvalue weighted by Gasteiger charge is 2.43. The summed E-state index contributed by atoms with van der Waals surface area (Å²) < 4.78 is 43.1. The molecule has 0 aliphatic rings. The van der Waals surface area contributed by atoms with Crippen molar-refractivity contribution in [2.24, 2.45) is 0 Å². The van der Waals surface area contributed by atoms with Crippen molar-refractivity contribution in [3.05, 3.63) is 52.7 Å². The molecule has 1 amide bonds. The van der Waals surface area contributed by atoms with Gasteiger partial charge in [0, 0.05) is 49.7 Å². The fraction of sp³-hybridized carbons (Fsp3) is 0.400. The third-order valence-corrected chi connectivity index (χ3v) is 7.08. The van der Waals surface area contributed by atoms with E-state index in [2.05, 4.69) is 0 Å². The van der Waals surface area contributed by atoms with Crippen LogP contribution in [0.5, 0.6) is 5.75 Å². The van der Waals surface area contributed by atoms with Gasteiger partial charge in [0.2, 0.25) is 0 Å². The second-order valence-electron chi connectivity index (χ2n) is 7.21. The van der Waals surface area contributed by atoms with Gasteiger partial charge >= 0.3 is 0 Å². The molecule has 0 fully saturated rings. The molecule has 0 radical (unpaired) electrons. The number of aromatic nitrogens is 1. The first-order valence-corrected chi connectivity index (χ1v) is 11.3. The van der Waals surface area contributed by atoms with E-state index in [4.69, 9.17) is 15.1 Å². The molecule has 0 saturated carbocycles. The van der Waals surface area contributed by atoms with Crippen LogP contribution >= 0.6 is 0 Å². The maximum absolute atomic E-state index is 14.5. The van der Waals surface area contributed by atoms with Gasteiger partial charge in [0.05, 0.1) is 6.61 Å². The van der Waals surface area contributed by atoms with Gasteiger partial charge in [0.1, 0.15) is 11.6 Å². The summed E-state index contributed by atoms with van der Waals surface area (Å²) in [6.45, 7) is 1.25. The Morgan fingerprint density at radius 1 is 1.29 bits per heavy atom. The van der Waals surface area contributed by atoms with Crippen molar-refractivity contribution in [3.8, 4) is 16.9 Å². The van der Waals surface area contributed by atoms with Gasteiger partial charge < -0.3 is 14.4 Å². The molecule has 0 spiro atoms. The lowest BCUT2D eigenvalue weighted by atomic mass is 10.1. The predicted molar refractivity (Wildman–Crippen MR) is 111 cm³/mol. The molecule has 0 bridgehead atoms. The highest BCUT2D eigenvalue weighted by atomic mass is 32.2. The number of sulfone groups is 1. The van der Waals surface area contributed by atoms with Crippen LogP contribution in [0, 0.1) is 5.82 Å². The normalized spacial score (nSPS) is 13.5. The SMILES string of the molecule is CC(CCn1ccc(-c2ccc(OCCCO)cc2F)cc1=O)(C(=O)NO)S(C)(=O)=O. The fourth-order valence-corrected chi connectivity index (χ4v) is 3.70. The van der Waals surface area contributed by atoms with E-state index in [1.165, 1.54) is 40.5 Å². The van der Waals surface area contributed by atoms with Crippen molar-refractivity contribution in [2.45, 2.75) is 31.1 Å². The number of amides is 1. The minimum Gasteiger partial charge on any atom is -0.493 e. The summed E-state index contributed by atoms with van der Waals surface area (Å²) in [4.78, 5) is 24.3. The molecule has 0 aliphatic heterocycles. The van der Waals surface area contributed by atoms with E-state index in [0.29, 0.717) is 17.7 Å². The van der Waals surface area contributed by atoms with Crippen LogP contribution in [0.2, 0.25) is 0 Å². The van der Waals surface area contributed by atoms with Crippen molar-refractivity contribution in [3.63, 3.8) is 0 Å². The first-order valence-electron chi connectivity index (χ1n) is 9.41. The minimum absolute atomic E-state index is 0.0368. The zero-order chi connectivity index (χ0) is 23.2. The Kier molecular flexibility index (Phi) is 7.93. The number of aryl methyl sites for hydroxylation is 1. The predicted octanol–water partition coefficient (Wildman–Crippen LogP) is 1.11. The molecule has 0 aliphatic carbocycles. The minimum atomic E-state index is -3.89. The van der Waals surface area contributed by atoms with Crippen LogP contribution in [0.25, 0.3) is 11.1 Å². The van der Waals surface area contributed by atoms with Gasteiger partial charge in [-0.25, -0.2) is 18.3 Å². The van der Waals surface area contributed by atoms with Gasteiger partial charge in [0.25, 0.3) is 11.5 Å². The number of hydroxylamine groups is 1. The van der Waals surface area contributed by atoms with Crippen LogP contribution in [-0.2, 0) is 21.2 Å². The van der Waals surface area contributed by atoms with E-state index < -0.39 is 31.9 Å². The van der Waals surface area contributed by atoms with Crippen LogP contribution in [0.4, 0.5) is 4.39 Å². The van der Waals surface area contributed by atoms with Gasteiger partial charge in [-0.05, 0) is 37.1 Å². The van der Waals surface area contributed by atoms with Crippen LogP contribution in [0.1, 0.15) is 19.8 Å². The summed E-state index contributed by atoms with van der Waals surface area (Å²) in [5, 5.41) is 17.6. The Hall–Kier alpha value is -2.76. The number of nitrogens with one attached hydrogen (secondary N) is 1. The van der Waals surface area contributed by atoms with Crippen molar-refractivity contribution >= 4 is 15.7 Å². The summed E-state index contributed by atoms with van der Waals surface area (Å²) in [6, 6.07) is 6.90. The first-order chi connectivity index (χ1) is 14.5. The average Bonchev–Trinajstić information content (AvgIpc) is 2.71. The van der Waals surface area contributed by atoms with Crippen molar-refractivity contribution < 1.29 is 32.7 Å². The maximum atomic E-state index is 14.5. The molecule has 31 heavy (non-hydrogen) atoms. The van der Waals surface area contributed by atoms with E-state index in [-0.39, 0.29) is 31.7 Å².